The lowest BCUT2D eigenvalue weighted by Crippen LogP contribution is -1.92. The van der Waals surface area contributed by atoms with Crippen molar-refractivity contribution in [3.05, 3.63) is 83.2 Å². The molecule has 0 aliphatic rings. The average Bonchev–Trinajstić information content (AvgIpc) is 3.05. The van der Waals surface area contributed by atoms with Crippen molar-refractivity contribution in [3.8, 4) is 11.3 Å². The number of hydrogen-bond acceptors (Lipinski definition) is 3. The van der Waals surface area contributed by atoms with E-state index in [0.717, 1.165) is 22.0 Å². The molecule has 4 aromatic rings. The van der Waals surface area contributed by atoms with Crippen LogP contribution in [-0.2, 0) is 5.75 Å². The molecular weight excluding hydrogens is 338 g/mol. The molecule has 0 atom stereocenters. The summed E-state index contributed by atoms with van der Waals surface area (Å²) in [7, 11) is 0. The standard InChI is InChI=1S/C22H21N3S/c1-15-4-7-18(8-5-15)14-26-22-21-13-20(24-25(21)11-10-23-22)19-9-6-16(2)12-17(19)3/h4-13H,14H2,1-3H3. The number of benzene rings is 2. The molecule has 0 bridgehead atoms. The first kappa shape index (κ1) is 16.9. The zero-order valence-electron chi connectivity index (χ0n) is 15.2. The fraction of sp³-hybridized carbons (Fsp3) is 0.182. The number of rotatable bonds is 4. The van der Waals surface area contributed by atoms with Crippen LogP contribution in [0.1, 0.15) is 22.3 Å². The average molecular weight is 359 g/mol. The Kier molecular flexibility index (Phi) is 4.51. The van der Waals surface area contributed by atoms with Crippen LogP contribution in [0.25, 0.3) is 16.8 Å². The second-order valence-corrected chi connectivity index (χ2v) is 7.65. The van der Waals surface area contributed by atoms with Gasteiger partial charge in [-0.2, -0.15) is 5.10 Å². The van der Waals surface area contributed by atoms with Crippen LogP contribution in [0.5, 0.6) is 0 Å². The zero-order chi connectivity index (χ0) is 18.1. The fourth-order valence-electron chi connectivity index (χ4n) is 3.08. The van der Waals surface area contributed by atoms with Crippen LogP contribution in [0.15, 0.2) is 66.0 Å². The molecule has 0 unspecified atom stereocenters. The second kappa shape index (κ2) is 6.96. The van der Waals surface area contributed by atoms with E-state index in [9.17, 15) is 0 Å². The molecule has 4 heteroatoms. The van der Waals surface area contributed by atoms with Gasteiger partial charge in [-0.1, -0.05) is 65.4 Å². The predicted molar refractivity (Wildman–Crippen MR) is 109 cm³/mol. The summed E-state index contributed by atoms with van der Waals surface area (Å²) >= 11 is 1.75. The molecule has 2 aromatic heterocycles. The molecule has 2 aromatic carbocycles. The van der Waals surface area contributed by atoms with Crippen LogP contribution < -0.4 is 0 Å². The van der Waals surface area contributed by atoms with Gasteiger partial charge in [-0.05, 0) is 38.0 Å². The van der Waals surface area contributed by atoms with Gasteiger partial charge in [0.05, 0.1) is 11.2 Å². The summed E-state index contributed by atoms with van der Waals surface area (Å²) in [4.78, 5) is 4.59. The van der Waals surface area contributed by atoms with Crippen LogP contribution in [0.4, 0.5) is 0 Å². The topological polar surface area (TPSA) is 30.2 Å². The van der Waals surface area contributed by atoms with Gasteiger partial charge in [-0.3, -0.25) is 0 Å². The van der Waals surface area contributed by atoms with E-state index >= 15 is 0 Å². The van der Waals surface area contributed by atoms with Crippen molar-refractivity contribution in [3.63, 3.8) is 0 Å². The summed E-state index contributed by atoms with van der Waals surface area (Å²) < 4.78 is 1.93. The Morgan fingerprint density at radius 3 is 2.46 bits per heavy atom. The first-order valence-electron chi connectivity index (χ1n) is 8.70. The van der Waals surface area contributed by atoms with E-state index in [1.807, 2.05) is 16.9 Å². The molecule has 0 radical (unpaired) electrons. The molecule has 3 nitrogen and oxygen atoms in total. The van der Waals surface area contributed by atoms with E-state index in [0.29, 0.717) is 0 Å². The minimum Gasteiger partial charge on any atom is -0.246 e. The number of thioether (sulfide) groups is 1. The molecule has 4 rings (SSSR count). The highest BCUT2D eigenvalue weighted by Gasteiger charge is 2.11. The van der Waals surface area contributed by atoms with E-state index in [4.69, 9.17) is 5.10 Å². The largest absolute Gasteiger partial charge is 0.246 e. The molecule has 0 fully saturated rings. The lowest BCUT2D eigenvalue weighted by molar-refractivity contribution is 0.920. The molecule has 2 heterocycles. The van der Waals surface area contributed by atoms with Crippen molar-refractivity contribution in [2.24, 2.45) is 0 Å². The predicted octanol–water partition coefficient (Wildman–Crippen LogP) is 5.61. The van der Waals surface area contributed by atoms with E-state index in [2.05, 4.69) is 74.3 Å². The van der Waals surface area contributed by atoms with Crippen molar-refractivity contribution < 1.29 is 0 Å². The van der Waals surface area contributed by atoms with Crippen molar-refractivity contribution in [2.45, 2.75) is 31.6 Å². The quantitative estimate of drug-likeness (QED) is 0.443. The monoisotopic (exact) mass is 359 g/mol. The molecule has 0 amide bonds. The van der Waals surface area contributed by atoms with Crippen molar-refractivity contribution >= 4 is 17.3 Å². The first-order valence-corrected chi connectivity index (χ1v) is 9.69. The Morgan fingerprint density at radius 1 is 0.923 bits per heavy atom. The van der Waals surface area contributed by atoms with Crippen LogP contribution in [0.3, 0.4) is 0 Å². The van der Waals surface area contributed by atoms with Gasteiger partial charge in [0.2, 0.25) is 0 Å². The second-order valence-electron chi connectivity index (χ2n) is 6.68. The third-order valence-electron chi connectivity index (χ3n) is 4.51. The van der Waals surface area contributed by atoms with Gasteiger partial charge in [-0.25, -0.2) is 9.50 Å². The molecule has 0 aliphatic carbocycles. The zero-order valence-corrected chi connectivity index (χ0v) is 16.0. The van der Waals surface area contributed by atoms with Crippen LogP contribution in [0, 0.1) is 20.8 Å². The van der Waals surface area contributed by atoms with Crippen molar-refractivity contribution in [1.29, 1.82) is 0 Å². The number of hydrogen-bond donors (Lipinski definition) is 0. The van der Waals surface area contributed by atoms with Gasteiger partial charge >= 0.3 is 0 Å². The Labute approximate surface area is 158 Å². The van der Waals surface area contributed by atoms with Gasteiger partial charge in [-0.15, -0.1) is 0 Å². The van der Waals surface area contributed by atoms with Crippen molar-refractivity contribution in [1.82, 2.24) is 14.6 Å². The summed E-state index contributed by atoms with van der Waals surface area (Å²) in [5.41, 5.74) is 8.33. The smallest absolute Gasteiger partial charge is 0.122 e. The number of nitrogens with zero attached hydrogens (tertiary/aromatic N) is 3. The van der Waals surface area contributed by atoms with Crippen LogP contribution in [-0.4, -0.2) is 14.6 Å². The van der Waals surface area contributed by atoms with Gasteiger partial charge < -0.3 is 0 Å². The molecule has 0 saturated carbocycles. The Balaban J connectivity index is 1.66. The van der Waals surface area contributed by atoms with Gasteiger partial charge in [0.15, 0.2) is 0 Å². The van der Waals surface area contributed by atoms with Crippen LogP contribution >= 0.6 is 11.8 Å². The molecule has 0 spiro atoms. The first-order chi connectivity index (χ1) is 12.6. The number of aromatic nitrogens is 3. The highest BCUT2D eigenvalue weighted by molar-refractivity contribution is 7.98. The third kappa shape index (κ3) is 3.37. The number of aryl methyl sites for hydroxylation is 3. The maximum atomic E-state index is 4.76. The normalized spacial score (nSPS) is 11.2. The molecule has 130 valence electrons. The summed E-state index contributed by atoms with van der Waals surface area (Å²) in [6.07, 6.45) is 3.74. The van der Waals surface area contributed by atoms with Gasteiger partial charge in [0.1, 0.15) is 5.03 Å². The lowest BCUT2D eigenvalue weighted by Gasteiger charge is -2.03. The maximum Gasteiger partial charge on any atom is 0.122 e. The lowest BCUT2D eigenvalue weighted by atomic mass is 10.0. The molecule has 0 aliphatic heterocycles. The molecule has 0 N–H and O–H groups in total. The third-order valence-corrected chi connectivity index (χ3v) is 5.57. The summed E-state index contributed by atoms with van der Waals surface area (Å²) in [5, 5.41) is 5.77. The summed E-state index contributed by atoms with van der Waals surface area (Å²) in [5.74, 6) is 0.900. The van der Waals surface area contributed by atoms with E-state index < -0.39 is 0 Å². The van der Waals surface area contributed by atoms with Gasteiger partial charge in [0.25, 0.3) is 0 Å². The Morgan fingerprint density at radius 2 is 1.69 bits per heavy atom. The SMILES string of the molecule is Cc1ccc(CSc2nccn3nc(-c4ccc(C)cc4C)cc23)cc1. The van der Waals surface area contributed by atoms with E-state index in [-0.39, 0.29) is 0 Å². The van der Waals surface area contributed by atoms with Crippen molar-refractivity contribution in [2.75, 3.05) is 0 Å². The molecule has 26 heavy (non-hydrogen) atoms. The van der Waals surface area contributed by atoms with Crippen LogP contribution in [0.2, 0.25) is 0 Å². The van der Waals surface area contributed by atoms with E-state index in [1.54, 1.807) is 11.8 Å². The minimum absolute atomic E-state index is 0.900. The fourth-order valence-corrected chi connectivity index (χ4v) is 4.01. The Hall–Kier alpha value is -2.59. The molecule has 0 saturated heterocycles. The van der Waals surface area contributed by atoms with E-state index in [1.165, 1.54) is 27.8 Å². The minimum atomic E-state index is 0.900. The summed E-state index contributed by atoms with van der Waals surface area (Å²) in [6, 6.07) is 17.3. The highest BCUT2D eigenvalue weighted by Crippen LogP contribution is 2.29. The van der Waals surface area contributed by atoms with Gasteiger partial charge in [0, 0.05) is 23.7 Å². The molecular formula is C22H21N3S. The number of fused-ring (bicyclic) bond motifs is 1. The Bertz CT molecular complexity index is 1060. The maximum absolute atomic E-state index is 4.76. The highest BCUT2D eigenvalue weighted by atomic mass is 32.2. The summed E-state index contributed by atoms with van der Waals surface area (Å²) in [6.45, 7) is 6.36.